The summed E-state index contributed by atoms with van der Waals surface area (Å²) >= 11 is 8.36. The molecule has 0 unspecified atom stereocenters. The van der Waals surface area contributed by atoms with Crippen molar-refractivity contribution in [1.29, 1.82) is 0 Å². The number of hydrogen-bond acceptors (Lipinski definition) is 4. The second-order valence-corrected chi connectivity index (χ2v) is 6.59. The number of rotatable bonds is 4. The first-order valence-electron chi connectivity index (χ1n) is 5.19. The zero-order valence-electron chi connectivity index (χ0n) is 9.46. The highest BCUT2D eigenvalue weighted by Gasteiger charge is 2.12. The minimum absolute atomic E-state index is 0.479. The minimum Gasteiger partial charge on any atom is -0.446 e. The lowest BCUT2D eigenvalue weighted by Crippen LogP contribution is -2.21. The summed E-state index contributed by atoms with van der Waals surface area (Å²) in [7, 11) is 0. The summed E-state index contributed by atoms with van der Waals surface area (Å²) in [5.74, 6) is 0.782. The molecule has 1 N–H and O–H groups in total. The molecule has 0 amide bonds. The maximum absolute atomic E-state index is 5.54. The van der Waals surface area contributed by atoms with E-state index in [0.29, 0.717) is 10.7 Å². The van der Waals surface area contributed by atoms with Crippen LogP contribution in [0.15, 0.2) is 25.8 Å². The zero-order chi connectivity index (χ0) is 12.4. The Balaban J connectivity index is 2.12. The number of nitrogens with one attached hydrogen (secondary N) is 1. The second kappa shape index (κ2) is 5.65. The first-order chi connectivity index (χ1) is 8.06. The summed E-state index contributed by atoms with van der Waals surface area (Å²) in [5.41, 5.74) is 0. The summed E-state index contributed by atoms with van der Waals surface area (Å²) in [4.78, 5) is 5.57. The number of furan rings is 1. The molecule has 0 bridgehead atoms. The van der Waals surface area contributed by atoms with Gasteiger partial charge in [0.25, 0.3) is 0 Å². The fourth-order valence-corrected chi connectivity index (χ4v) is 2.65. The van der Waals surface area contributed by atoms with Crippen LogP contribution in [0.4, 0.5) is 0 Å². The fourth-order valence-electron chi connectivity index (χ4n) is 1.26. The van der Waals surface area contributed by atoms with Crippen molar-refractivity contribution in [2.24, 2.45) is 0 Å². The number of aromatic nitrogens is 1. The van der Waals surface area contributed by atoms with Crippen molar-refractivity contribution in [3.63, 3.8) is 0 Å². The summed E-state index contributed by atoms with van der Waals surface area (Å²) in [6, 6.07) is 2.40. The van der Waals surface area contributed by atoms with Gasteiger partial charge in [0, 0.05) is 29.7 Å². The lowest BCUT2D eigenvalue weighted by Gasteiger charge is -2.04. The molecule has 2 heterocycles. The molecular formula is C11H12Br2N2OS. The quantitative estimate of drug-likeness (QED) is 0.853. The predicted octanol–water partition coefficient (Wildman–Crippen LogP) is 4.43. The Morgan fingerprint density at radius 3 is 2.82 bits per heavy atom. The highest BCUT2D eigenvalue weighted by atomic mass is 79.9. The Bertz CT molecular complexity index is 488. The van der Waals surface area contributed by atoms with Crippen LogP contribution in [0.25, 0.3) is 10.8 Å². The van der Waals surface area contributed by atoms with Crippen LogP contribution in [0, 0.1) is 0 Å². The molecule has 0 fully saturated rings. The van der Waals surface area contributed by atoms with Crippen LogP contribution in [0.1, 0.15) is 18.7 Å². The average Bonchev–Trinajstić information content (AvgIpc) is 2.84. The van der Waals surface area contributed by atoms with Crippen LogP contribution < -0.4 is 5.32 Å². The van der Waals surface area contributed by atoms with Gasteiger partial charge in [-0.2, -0.15) is 0 Å². The Hall–Kier alpha value is -0.170. The predicted molar refractivity (Wildman–Crippen MR) is 77.2 cm³/mol. The molecule has 17 heavy (non-hydrogen) atoms. The van der Waals surface area contributed by atoms with Crippen molar-refractivity contribution in [3.8, 4) is 10.8 Å². The van der Waals surface area contributed by atoms with Crippen molar-refractivity contribution in [2.45, 2.75) is 26.4 Å². The van der Waals surface area contributed by atoms with E-state index >= 15 is 0 Å². The van der Waals surface area contributed by atoms with Crippen LogP contribution in [0.5, 0.6) is 0 Å². The molecule has 2 aromatic heterocycles. The van der Waals surface area contributed by atoms with Crippen molar-refractivity contribution in [3.05, 3.63) is 26.3 Å². The topological polar surface area (TPSA) is 38.1 Å². The van der Waals surface area contributed by atoms with E-state index in [1.165, 1.54) is 4.88 Å². The fraction of sp³-hybridized carbons (Fsp3) is 0.364. The van der Waals surface area contributed by atoms with E-state index in [1.54, 1.807) is 11.3 Å². The minimum atomic E-state index is 0.479. The lowest BCUT2D eigenvalue weighted by molar-refractivity contribution is 0.553. The average molecular weight is 380 g/mol. The summed E-state index contributed by atoms with van der Waals surface area (Å²) < 4.78 is 7.14. The van der Waals surface area contributed by atoms with Crippen molar-refractivity contribution in [1.82, 2.24) is 10.3 Å². The van der Waals surface area contributed by atoms with Crippen LogP contribution in [-0.4, -0.2) is 11.0 Å². The van der Waals surface area contributed by atoms with Gasteiger partial charge >= 0.3 is 0 Å². The van der Waals surface area contributed by atoms with E-state index < -0.39 is 0 Å². The molecule has 92 valence electrons. The third-order valence-electron chi connectivity index (χ3n) is 2.09. The van der Waals surface area contributed by atoms with Gasteiger partial charge in [0.2, 0.25) is 0 Å². The molecule has 0 aliphatic rings. The molecular weight excluding hydrogens is 368 g/mol. The Morgan fingerprint density at radius 1 is 1.47 bits per heavy atom. The zero-order valence-corrected chi connectivity index (χ0v) is 13.4. The van der Waals surface area contributed by atoms with Gasteiger partial charge in [-0.1, -0.05) is 13.8 Å². The number of thiazole rings is 1. The Kier molecular flexibility index (Phi) is 4.41. The maximum atomic E-state index is 5.54. The molecule has 3 nitrogen and oxygen atoms in total. The molecule has 6 heteroatoms. The van der Waals surface area contributed by atoms with Gasteiger partial charge in [0.1, 0.15) is 0 Å². The normalized spacial score (nSPS) is 11.4. The van der Waals surface area contributed by atoms with E-state index in [1.807, 2.05) is 12.3 Å². The molecule has 0 aliphatic carbocycles. The number of nitrogens with zero attached hydrogens (tertiary/aromatic N) is 1. The Morgan fingerprint density at radius 2 is 2.24 bits per heavy atom. The van der Waals surface area contributed by atoms with Gasteiger partial charge < -0.3 is 9.73 Å². The number of hydrogen-bond donors (Lipinski definition) is 1. The summed E-state index contributed by atoms with van der Waals surface area (Å²) in [6.45, 7) is 5.10. The third kappa shape index (κ3) is 3.40. The maximum Gasteiger partial charge on any atom is 0.184 e. The first kappa shape index (κ1) is 13.3. The van der Waals surface area contributed by atoms with Gasteiger partial charge in [0.15, 0.2) is 15.4 Å². The van der Waals surface area contributed by atoms with Gasteiger partial charge in [-0.3, -0.25) is 0 Å². The molecule has 2 aromatic rings. The van der Waals surface area contributed by atoms with E-state index in [0.717, 1.165) is 21.8 Å². The summed E-state index contributed by atoms with van der Waals surface area (Å²) in [6.07, 6.45) is 1.89. The standard InChI is InChI=1S/C11H12Br2N2OS/c1-6(2)14-4-7-5-15-11(17-7)9-3-8(12)10(13)16-9/h3,5-6,14H,4H2,1-2H3. The van der Waals surface area contributed by atoms with E-state index in [-0.39, 0.29) is 0 Å². The van der Waals surface area contributed by atoms with E-state index in [4.69, 9.17) is 4.42 Å². The van der Waals surface area contributed by atoms with Crippen LogP contribution in [-0.2, 0) is 6.54 Å². The summed E-state index contributed by atoms with van der Waals surface area (Å²) in [5, 5.41) is 4.26. The van der Waals surface area contributed by atoms with Crippen molar-refractivity contribution >= 4 is 43.2 Å². The monoisotopic (exact) mass is 378 g/mol. The largest absolute Gasteiger partial charge is 0.446 e. The molecule has 0 saturated heterocycles. The molecule has 0 spiro atoms. The lowest BCUT2D eigenvalue weighted by atomic mass is 10.4. The first-order valence-corrected chi connectivity index (χ1v) is 7.60. The molecule has 0 aliphatic heterocycles. The van der Waals surface area contributed by atoms with Crippen LogP contribution in [0.2, 0.25) is 0 Å². The van der Waals surface area contributed by atoms with Gasteiger partial charge in [-0.05, 0) is 31.9 Å². The highest BCUT2D eigenvalue weighted by molar-refractivity contribution is 9.13. The SMILES string of the molecule is CC(C)NCc1cnc(-c2cc(Br)c(Br)o2)s1. The molecule has 0 radical (unpaired) electrons. The van der Waals surface area contributed by atoms with E-state index in [2.05, 4.69) is 56.0 Å². The highest BCUT2D eigenvalue weighted by Crippen LogP contribution is 2.34. The Labute approximate surface area is 121 Å². The van der Waals surface area contributed by atoms with Crippen LogP contribution >= 0.6 is 43.2 Å². The van der Waals surface area contributed by atoms with Gasteiger partial charge in [-0.25, -0.2) is 4.98 Å². The van der Waals surface area contributed by atoms with Crippen molar-refractivity contribution < 1.29 is 4.42 Å². The molecule has 0 atom stereocenters. The van der Waals surface area contributed by atoms with Crippen molar-refractivity contribution in [2.75, 3.05) is 0 Å². The molecule has 0 aromatic carbocycles. The smallest absolute Gasteiger partial charge is 0.184 e. The second-order valence-electron chi connectivity index (χ2n) is 3.90. The molecule has 2 rings (SSSR count). The molecule has 0 saturated carbocycles. The van der Waals surface area contributed by atoms with E-state index in [9.17, 15) is 0 Å². The third-order valence-corrected chi connectivity index (χ3v) is 4.82. The number of halogens is 2. The van der Waals surface area contributed by atoms with Gasteiger partial charge in [0.05, 0.1) is 4.47 Å². The van der Waals surface area contributed by atoms with Crippen LogP contribution in [0.3, 0.4) is 0 Å². The van der Waals surface area contributed by atoms with Gasteiger partial charge in [-0.15, -0.1) is 11.3 Å².